The van der Waals surface area contributed by atoms with E-state index in [4.69, 9.17) is 0 Å². The first-order valence-electron chi connectivity index (χ1n) is 35.9. The number of anilines is 12. The second kappa shape index (κ2) is 25.9. The van der Waals surface area contributed by atoms with Crippen LogP contribution in [0.2, 0.25) is 0 Å². The lowest BCUT2D eigenvalue weighted by Crippen LogP contribution is -2.61. The molecule has 1 unspecified atom stereocenters. The van der Waals surface area contributed by atoms with E-state index < -0.39 is 0 Å². The van der Waals surface area contributed by atoms with Gasteiger partial charge in [-0.2, -0.15) is 0 Å². The van der Waals surface area contributed by atoms with E-state index in [9.17, 15) is 0 Å². The number of benzene rings is 14. The molecule has 0 spiro atoms. The van der Waals surface area contributed by atoms with Crippen LogP contribution in [0.3, 0.4) is 0 Å². The summed E-state index contributed by atoms with van der Waals surface area (Å²) in [5.41, 5.74) is 32.9. The second-order valence-electron chi connectivity index (χ2n) is 29.5. The molecule has 17 rings (SSSR count). The molecule has 14 aromatic rings. The Balaban J connectivity index is 1.04. The molecule has 5 heteroatoms. The highest BCUT2D eigenvalue weighted by molar-refractivity contribution is 7.00. The van der Waals surface area contributed by atoms with E-state index in [1.807, 2.05) is 0 Å². The van der Waals surface area contributed by atoms with Gasteiger partial charge in [-0.1, -0.05) is 296 Å². The predicted octanol–water partition coefficient (Wildman–Crippen LogP) is 24.4. The van der Waals surface area contributed by atoms with Crippen molar-refractivity contribution in [3.63, 3.8) is 0 Å². The maximum absolute atomic E-state index is 2.72. The van der Waals surface area contributed by atoms with E-state index in [1.165, 1.54) is 55.6 Å². The second-order valence-corrected chi connectivity index (χ2v) is 29.5. The topological polar surface area (TPSA) is 13.0 Å². The molecule has 0 amide bonds. The maximum atomic E-state index is 2.72. The van der Waals surface area contributed by atoms with E-state index in [0.717, 1.165) is 121 Å². The Morgan fingerprint density at radius 3 is 1.03 bits per heavy atom. The smallest absolute Gasteiger partial charge is 0.252 e. The van der Waals surface area contributed by atoms with Crippen LogP contribution in [0.1, 0.15) is 88.1 Å². The molecule has 3 aliphatic rings. The minimum Gasteiger partial charge on any atom is -0.310 e. The Hall–Kier alpha value is -11.7. The monoisotopic (exact) mass is 1300 g/mol. The average Bonchev–Trinajstić information content (AvgIpc) is 0.687. The van der Waals surface area contributed by atoms with E-state index in [0.29, 0.717) is 0 Å². The standard InChI is InChI=1S/C96H81BN4/c1-95(2,3)72-50-54-76(55-51-72)98(74-40-21-11-22-41-74)78-58-60-86-88(64-78)100(93-82(67-30-13-7-14-31-67)46-28-47-83(93)68-32-15-8-16-33-68)90-62-71(81-45-27-39-66-38-25-26-44-80(66)81)63-91-92(90)97(86)87-61-59-79(99(75-42-23-12-24-43-75)77-56-52-73(53-57-77)96(4,5)6)65-89(87)101(91)94-84(69-34-17-9-18-35-69)48-29-49-85(94)70-36-19-10-20-37-70/h7-26,28-38,40-44,46-65,81H,27,39,45H2,1-6H3. The molecule has 488 valence electrons. The summed E-state index contributed by atoms with van der Waals surface area (Å²) in [6, 6.07) is 128. The molecule has 0 bridgehead atoms. The van der Waals surface area contributed by atoms with Crippen molar-refractivity contribution >= 4 is 91.3 Å². The number of hydrogen-bond donors (Lipinski definition) is 0. The third-order valence-corrected chi connectivity index (χ3v) is 21.2. The number of nitrogens with zero attached hydrogens (tertiary/aromatic N) is 4. The van der Waals surface area contributed by atoms with Gasteiger partial charge in [-0.25, -0.2) is 0 Å². The highest BCUT2D eigenvalue weighted by Crippen LogP contribution is 2.56. The van der Waals surface area contributed by atoms with E-state index in [2.05, 4.69) is 401 Å². The van der Waals surface area contributed by atoms with Gasteiger partial charge < -0.3 is 19.6 Å². The fourth-order valence-corrected chi connectivity index (χ4v) is 16.3. The van der Waals surface area contributed by atoms with Crippen LogP contribution in [0.25, 0.3) is 44.5 Å². The fourth-order valence-electron chi connectivity index (χ4n) is 16.3. The molecule has 2 aliphatic heterocycles. The summed E-state index contributed by atoms with van der Waals surface area (Å²) in [4.78, 5) is 10.4. The molecule has 1 aliphatic carbocycles. The average molecular weight is 1300 g/mol. The normalized spacial score (nSPS) is 13.8. The molecule has 14 aromatic carbocycles. The third kappa shape index (κ3) is 11.5. The highest BCUT2D eigenvalue weighted by atomic mass is 15.2. The SMILES string of the molecule is CC(C)(C)c1ccc(N(c2ccccc2)c2ccc3c(c2)N(c2c(-c4ccccc4)cccc2-c2ccccc2)c2cc(C4CCCc5ccccc54)cc4c2B3c2ccc(N(c3ccccc3)c3ccc(C(C)(C)C)cc3)cc2N4c2c(-c3ccccc3)cccc2-c2ccccc2)cc1. The summed E-state index contributed by atoms with van der Waals surface area (Å²) in [5, 5.41) is 0. The molecule has 0 aromatic heterocycles. The summed E-state index contributed by atoms with van der Waals surface area (Å²) in [6.45, 7) is 13.5. The van der Waals surface area contributed by atoms with Gasteiger partial charge in [-0.3, -0.25) is 0 Å². The van der Waals surface area contributed by atoms with E-state index in [-0.39, 0.29) is 23.5 Å². The summed E-state index contributed by atoms with van der Waals surface area (Å²) in [7, 11) is 0. The first-order valence-corrected chi connectivity index (χ1v) is 35.9. The Labute approximate surface area is 596 Å². The van der Waals surface area contributed by atoms with Crippen molar-refractivity contribution in [1.29, 1.82) is 0 Å². The zero-order chi connectivity index (χ0) is 68.3. The molecule has 1 atom stereocenters. The number of para-hydroxylation sites is 4. The van der Waals surface area contributed by atoms with Gasteiger partial charge in [0.2, 0.25) is 0 Å². The summed E-state index contributed by atoms with van der Waals surface area (Å²) < 4.78 is 0. The van der Waals surface area contributed by atoms with Crippen LogP contribution in [0, 0.1) is 0 Å². The Bertz CT molecular complexity index is 4920. The van der Waals surface area contributed by atoms with Gasteiger partial charge in [0.1, 0.15) is 0 Å². The Kier molecular flexibility index (Phi) is 16.1. The van der Waals surface area contributed by atoms with Crippen molar-refractivity contribution in [3.05, 3.63) is 368 Å². The molecule has 0 saturated carbocycles. The van der Waals surface area contributed by atoms with Gasteiger partial charge in [0.15, 0.2) is 0 Å². The fraction of sp³-hybridized carbons (Fsp3) is 0.125. The molecule has 0 saturated heterocycles. The summed E-state index contributed by atoms with van der Waals surface area (Å²) in [6.07, 6.45) is 3.16. The lowest BCUT2D eigenvalue weighted by molar-refractivity contribution is 0.590. The number of hydrogen-bond acceptors (Lipinski definition) is 4. The highest BCUT2D eigenvalue weighted by Gasteiger charge is 2.46. The molecule has 101 heavy (non-hydrogen) atoms. The van der Waals surface area contributed by atoms with Crippen molar-refractivity contribution < 1.29 is 0 Å². The number of aryl methyl sites for hydroxylation is 1. The number of fused-ring (bicyclic) bond motifs is 5. The molecule has 0 N–H and O–H groups in total. The van der Waals surface area contributed by atoms with Crippen LogP contribution >= 0.6 is 0 Å². The lowest BCUT2D eigenvalue weighted by atomic mass is 9.33. The molecular weight excluding hydrogens is 1220 g/mol. The van der Waals surface area contributed by atoms with Crippen molar-refractivity contribution in [2.45, 2.75) is 77.6 Å². The first kappa shape index (κ1) is 62.8. The first-order chi connectivity index (χ1) is 49.4. The van der Waals surface area contributed by atoms with Gasteiger partial charge >= 0.3 is 0 Å². The Morgan fingerprint density at radius 2 is 0.653 bits per heavy atom. The zero-order valence-electron chi connectivity index (χ0n) is 58.4. The third-order valence-electron chi connectivity index (χ3n) is 21.2. The molecule has 2 heterocycles. The van der Waals surface area contributed by atoms with Gasteiger partial charge in [-0.15, -0.1) is 0 Å². The minimum absolute atomic E-state index is 0.0211. The van der Waals surface area contributed by atoms with Crippen LogP contribution in [0.4, 0.5) is 68.2 Å². The van der Waals surface area contributed by atoms with Crippen molar-refractivity contribution in [2.75, 3.05) is 19.6 Å². The number of rotatable bonds is 13. The molecule has 4 nitrogen and oxygen atoms in total. The summed E-state index contributed by atoms with van der Waals surface area (Å²) in [5.74, 6) is 0.106. The Morgan fingerprint density at radius 1 is 0.317 bits per heavy atom. The van der Waals surface area contributed by atoms with Crippen molar-refractivity contribution in [3.8, 4) is 44.5 Å². The quantitative estimate of drug-likeness (QED) is 0.107. The molecule has 0 radical (unpaired) electrons. The van der Waals surface area contributed by atoms with Crippen molar-refractivity contribution in [2.24, 2.45) is 0 Å². The largest absolute Gasteiger partial charge is 0.310 e. The van der Waals surface area contributed by atoms with Gasteiger partial charge in [0.05, 0.1) is 11.4 Å². The molecule has 0 fully saturated rings. The van der Waals surface area contributed by atoms with Crippen LogP contribution in [-0.4, -0.2) is 6.71 Å². The zero-order valence-corrected chi connectivity index (χ0v) is 58.4. The van der Waals surface area contributed by atoms with Crippen LogP contribution in [0.15, 0.2) is 340 Å². The maximum Gasteiger partial charge on any atom is 0.252 e. The van der Waals surface area contributed by atoms with Crippen LogP contribution in [-0.2, 0) is 17.3 Å². The minimum atomic E-state index is -0.242. The van der Waals surface area contributed by atoms with Gasteiger partial charge in [-0.05, 0) is 181 Å². The summed E-state index contributed by atoms with van der Waals surface area (Å²) >= 11 is 0. The van der Waals surface area contributed by atoms with Gasteiger partial charge in [0, 0.05) is 85.0 Å². The van der Waals surface area contributed by atoms with Crippen LogP contribution in [0.5, 0.6) is 0 Å². The van der Waals surface area contributed by atoms with E-state index in [1.54, 1.807) is 0 Å². The van der Waals surface area contributed by atoms with Crippen LogP contribution < -0.4 is 36.0 Å². The molecular formula is C96H81BN4. The van der Waals surface area contributed by atoms with Crippen molar-refractivity contribution in [1.82, 2.24) is 0 Å². The lowest BCUT2D eigenvalue weighted by Gasteiger charge is -2.46. The van der Waals surface area contributed by atoms with E-state index >= 15 is 0 Å². The van der Waals surface area contributed by atoms with Gasteiger partial charge in [0.25, 0.3) is 6.71 Å². The predicted molar refractivity (Wildman–Crippen MR) is 430 cm³/mol.